The summed E-state index contributed by atoms with van der Waals surface area (Å²) in [7, 11) is -0.0809. The fourth-order valence-corrected chi connectivity index (χ4v) is 2.79. The molecule has 0 heterocycles. The van der Waals surface area contributed by atoms with Crippen LogP contribution >= 0.6 is 8.46 Å². The maximum absolute atomic E-state index is 10.3. The molecule has 0 saturated carbocycles. The summed E-state index contributed by atoms with van der Waals surface area (Å²) in [6, 6.07) is 0. The number of rotatable bonds is 15. The van der Waals surface area contributed by atoms with Crippen molar-refractivity contribution < 1.29 is 4.57 Å². The Morgan fingerprint density at radius 1 is 0.556 bits per heavy atom. The highest BCUT2D eigenvalue weighted by Gasteiger charge is 1.93. The molecule has 0 aromatic carbocycles. The van der Waals surface area contributed by atoms with Gasteiger partial charge < -0.3 is 0 Å². The van der Waals surface area contributed by atoms with Gasteiger partial charge >= 0.3 is 0 Å². The average molecular weight is 273 g/mol. The third-order valence-corrected chi connectivity index (χ3v) is 4.19. The van der Waals surface area contributed by atoms with E-state index in [2.05, 4.69) is 6.92 Å². The molecule has 0 N–H and O–H groups in total. The SMILES string of the molecule is CCCCCCCCCCCCCCCC[PH]=O. The van der Waals surface area contributed by atoms with Crippen molar-refractivity contribution in [1.29, 1.82) is 0 Å². The van der Waals surface area contributed by atoms with E-state index in [9.17, 15) is 4.57 Å². The summed E-state index contributed by atoms with van der Waals surface area (Å²) in [5.41, 5.74) is 0. The Balaban J connectivity index is 2.88. The smallest absolute Gasteiger partial charge is 0.0581 e. The van der Waals surface area contributed by atoms with Crippen LogP contribution in [-0.4, -0.2) is 6.16 Å². The van der Waals surface area contributed by atoms with Crippen molar-refractivity contribution in [2.24, 2.45) is 0 Å². The second kappa shape index (κ2) is 17.1. The third kappa shape index (κ3) is 16.1. The van der Waals surface area contributed by atoms with E-state index in [-0.39, 0.29) is 8.46 Å². The molecule has 0 aliphatic rings. The number of unbranched alkanes of at least 4 members (excludes halogenated alkanes) is 13. The number of hydrogen-bond acceptors (Lipinski definition) is 1. The predicted octanol–water partition coefficient (Wildman–Crippen LogP) is 6.49. The van der Waals surface area contributed by atoms with Crippen molar-refractivity contribution in [1.82, 2.24) is 0 Å². The molecule has 1 atom stereocenters. The van der Waals surface area contributed by atoms with Crippen molar-refractivity contribution in [3.63, 3.8) is 0 Å². The zero-order valence-electron chi connectivity index (χ0n) is 12.5. The molecule has 0 bridgehead atoms. The van der Waals surface area contributed by atoms with Gasteiger partial charge in [0.15, 0.2) is 0 Å². The number of hydrogen-bond donors (Lipinski definition) is 0. The molecule has 0 spiro atoms. The molecule has 0 aromatic rings. The van der Waals surface area contributed by atoms with Gasteiger partial charge in [0, 0.05) is 6.16 Å². The van der Waals surface area contributed by atoms with Crippen molar-refractivity contribution in [3.05, 3.63) is 0 Å². The molecule has 0 rings (SSSR count). The molecule has 0 aliphatic heterocycles. The lowest BCUT2D eigenvalue weighted by Gasteiger charge is -2.02. The standard InChI is InChI=1S/C16H34OP/c1-2-3-4-5-6-7-8-9-10-11-12-13-14-15-16-18-17/h18H,2-16H2,1H3. The van der Waals surface area contributed by atoms with Gasteiger partial charge in [-0.05, 0) is 6.42 Å². The van der Waals surface area contributed by atoms with Gasteiger partial charge in [-0.3, -0.25) is 4.57 Å². The van der Waals surface area contributed by atoms with Crippen molar-refractivity contribution in [2.75, 3.05) is 6.16 Å². The average Bonchev–Trinajstić information content (AvgIpc) is 2.39. The highest BCUT2D eigenvalue weighted by atomic mass is 31.1. The summed E-state index contributed by atoms with van der Waals surface area (Å²) in [5.74, 6) is 0. The lowest BCUT2D eigenvalue weighted by atomic mass is 10.0. The van der Waals surface area contributed by atoms with E-state index in [1.165, 1.54) is 89.9 Å². The second-order valence-corrected chi connectivity index (χ2v) is 6.28. The fourth-order valence-electron chi connectivity index (χ4n) is 2.39. The van der Waals surface area contributed by atoms with E-state index < -0.39 is 0 Å². The zero-order valence-corrected chi connectivity index (χ0v) is 13.5. The summed E-state index contributed by atoms with van der Waals surface area (Å²) in [5, 5.41) is 0. The van der Waals surface area contributed by atoms with Crippen molar-refractivity contribution >= 4 is 8.46 Å². The first-order valence-corrected chi connectivity index (χ1v) is 9.38. The largest absolute Gasteiger partial charge is 0.291 e. The first kappa shape index (κ1) is 18.1. The minimum absolute atomic E-state index is 0.0809. The summed E-state index contributed by atoms with van der Waals surface area (Å²) in [4.78, 5) is 0. The summed E-state index contributed by atoms with van der Waals surface area (Å²) in [6.07, 6.45) is 20.4. The Morgan fingerprint density at radius 2 is 0.889 bits per heavy atom. The first-order chi connectivity index (χ1) is 8.91. The highest BCUT2D eigenvalue weighted by Crippen LogP contribution is 2.13. The monoisotopic (exact) mass is 273 g/mol. The molecule has 2 heteroatoms. The maximum Gasteiger partial charge on any atom is 0.0581 e. The van der Waals surface area contributed by atoms with E-state index in [0.717, 1.165) is 6.16 Å². The summed E-state index contributed by atoms with van der Waals surface area (Å²) in [6.45, 7) is 2.28. The van der Waals surface area contributed by atoms with Crippen LogP contribution in [0.15, 0.2) is 0 Å². The zero-order chi connectivity index (χ0) is 13.3. The maximum atomic E-state index is 10.3. The second-order valence-electron chi connectivity index (χ2n) is 5.49. The third-order valence-electron chi connectivity index (χ3n) is 3.63. The van der Waals surface area contributed by atoms with E-state index >= 15 is 0 Å². The van der Waals surface area contributed by atoms with Crippen LogP contribution in [0.3, 0.4) is 0 Å². The van der Waals surface area contributed by atoms with Gasteiger partial charge in [-0.2, -0.15) is 0 Å². The minimum atomic E-state index is -0.0809. The molecule has 1 unspecified atom stereocenters. The van der Waals surface area contributed by atoms with E-state index in [0.29, 0.717) is 0 Å². The van der Waals surface area contributed by atoms with Crippen molar-refractivity contribution in [2.45, 2.75) is 96.8 Å². The van der Waals surface area contributed by atoms with Crippen LogP contribution in [0, 0.1) is 0 Å². The van der Waals surface area contributed by atoms with E-state index in [1.807, 2.05) is 0 Å². The van der Waals surface area contributed by atoms with Gasteiger partial charge in [0.25, 0.3) is 0 Å². The molecule has 0 aliphatic carbocycles. The molecular formula is C16H34OP. The Morgan fingerprint density at radius 3 is 1.22 bits per heavy atom. The molecule has 1 radical (unpaired) electrons. The van der Waals surface area contributed by atoms with Crippen LogP contribution in [0.2, 0.25) is 0 Å². The highest BCUT2D eigenvalue weighted by molar-refractivity contribution is 7.23. The lowest BCUT2D eigenvalue weighted by molar-refractivity contribution is 0.538. The van der Waals surface area contributed by atoms with Gasteiger partial charge in [0.2, 0.25) is 0 Å². The summed E-state index contributed by atoms with van der Waals surface area (Å²) < 4.78 is 10.3. The van der Waals surface area contributed by atoms with Crippen LogP contribution in [0.5, 0.6) is 0 Å². The van der Waals surface area contributed by atoms with E-state index in [4.69, 9.17) is 0 Å². The normalized spacial score (nSPS) is 11.2. The molecular weight excluding hydrogens is 239 g/mol. The topological polar surface area (TPSA) is 17.1 Å². The predicted molar refractivity (Wildman–Crippen MR) is 84.2 cm³/mol. The van der Waals surface area contributed by atoms with Crippen molar-refractivity contribution in [3.8, 4) is 0 Å². The molecule has 18 heavy (non-hydrogen) atoms. The molecule has 109 valence electrons. The summed E-state index contributed by atoms with van der Waals surface area (Å²) >= 11 is 0. The lowest BCUT2D eigenvalue weighted by Crippen LogP contribution is -1.83. The van der Waals surface area contributed by atoms with Crippen LogP contribution in [-0.2, 0) is 4.57 Å². The van der Waals surface area contributed by atoms with Gasteiger partial charge in [0.1, 0.15) is 0 Å². The van der Waals surface area contributed by atoms with Gasteiger partial charge in [-0.15, -0.1) is 0 Å². The van der Waals surface area contributed by atoms with E-state index in [1.54, 1.807) is 0 Å². The molecule has 0 saturated heterocycles. The quantitative estimate of drug-likeness (QED) is 0.246. The van der Waals surface area contributed by atoms with Gasteiger partial charge in [0.05, 0.1) is 8.46 Å². The first-order valence-electron chi connectivity index (χ1n) is 8.26. The fraction of sp³-hybridized carbons (Fsp3) is 1.00. The van der Waals surface area contributed by atoms with Crippen LogP contribution in [0.25, 0.3) is 0 Å². The van der Waals surface area contributed by atoms with Crippen LogP contribution in [0.1, 0.15) is 96.8 Å². The Hall–Kier alpha value is 0.100. The Kier molecular flexibility index (Phi) is 17.2. The van der Waals surface area contributed by atoms with Crippen LogP contribution < -0.4 is 0 Å². The minimum Gasteiger partial charge on any atom is -0.291 e. The molecule has 0 fully saturated rings. The van der Waals surface area contributed by atoms with Gasteiger partial charge in [-0.1, -0.05) is 90.4 Å². The Bertz CT molecular complexity index is 159. The molecule has 1 nitrogen and oxygen atoms in total. The van der Waals surface area contributed by atoms with Gasteiger partial charge in [-0.25, -0.2) is 0 Å². The Labute approximate surface area is 116 Å². The molecule has 0 amide bonds. The van der Waals surface area contributed by atoms with Crippen LogP contribution in [0.4, 0.5) is 0 Å². The molecule has 0 aromatic heterocycles.